The first-order valence-electron chi connectivity index (χ1n) is 10.4. The molecule has 1 aliphatic rings. The topological polar surface area (TPSA) is 24.4 Å². The quantitative estimate of drug-likeness (QED) is 0.266. The van der Waals surface area contributed by atoms with Crippen LogP contribution in [0.25, 0.3) is 21.5 Å². The zero-order valence-electron chi connectivity index (χ0n) is 16.7. The number of amidine groups is 1. The molecule has 1 atom stereocenters. The molecular formula is C28H19BrN2. The van der Waals surface area contributed by atoms with Gasteiger partial charge in [0.2, 0.25) is 0 Å². The number of anilines is 1. The molecule has 1 unspecified atom stereocenters. The summed E-state index contributed by atoms with van der Waals surface area (Å²) in [6.45, 7) is 0. The van der Waals surface area contributed by atoms with Gasteiger partial charge in [-0.05, 0) is 33.9 Å². The average Bonchev–Trinajstić information content (AvgIpc) is 2.84. The van der Waals surface area contributed by atoms with Crippen LogP contribution >= 0.6 is 15.9 Å². The van der Waals surface area contributed by atoms with Crippen molar-refractivity contribution in [1.82, 2.24) is 0 Å². The molecule has 0 saturated carbocycles. The third-order valence-electron chi connectivity index (χ3n) is 5.98. The molecule has 0 amide bonds. The van der Waals surface area contributed by atoms with E-state index in [-0.39, 0.29) is 6.04 Å². The molecule has 0 spiro atoms. The second-order valence-electron chi connectivity index (χ2n) is 7.80. The van der Waals surface area contributed by atoms with Crippen LogP contribution in [0.1, 0.15) is 22.7 Å². The van der Waals surface area contributed by atoms with Crippen LogP contribution in [-0.2, 0) is 0 Å². The van der Waals surface area contributed by atoms with Crippen molar-refractivity contribution < 1.29 is 0 Å². The van der Waals surface area contributed by atoms with Crippen molar-refractivity contribution in [2.75, 3.05) is 5.32 Å². The minimum Gasteiger partial charge on any atom is -0.339 e. The van der Waals surface area contributed by atoms with Gasteiger partial charge in [-0.25, -0.2) is 0 Å². The fourth-order valence-corrected chi connectivity index (χ4v) is 4.83. The minimum atomic E-state index is -0.0781. The van der Waals surface area contributed by atoms with E-state index in [1.165, 1.54) is 32.7 Å². The molecule has 1 N–H and O–H groups in total. The SMILES string of the molecule is Brc1ccc(C2=NC(c3ccccc3)c3c(c4ccccc4c4ccccc34)N2)cc1. The van der Waals surface area contributed by atoms with Gasteiger partial charge in [-0.2, -0.15) is 0 Å². The van der Waals surface area contributed by atoms with Crippen molar-refractivity contribution in [1.29, 1.82) is 0 Å². The maximum atomic E-state index is 5.24. The number of halogens is 1. The van der Waals surface area contributed by atoms with Gasteiger partial charge in [-0.3, -0.25) is 4.99 Å². The molecule has 6 rings (SSSR count). The highest BCUT2D eigenvalue weighted by Gasteiger charge is 2.28. The zero-order chi connectivity index (χ0) is 20.8. The van der Waals surface area contributed by atoms with Gasteiger partial charge >= 0.3 is 0 Å². The summed E-state index contributed by atoms with van der Waals surface area (Å²) in [5.41, 5.74) is 4.66. The Kier molecular flexibility index (Phi) is 4.36. The van der Waals surface area contributed by atoms with Crippen molar-refractivity contribution in [2.45, 2.75) is 6.04 Å². The van der Waals surface area contributed by atoms with Crippen LogP contribution in [0.4, 0.5) is 5.69 Å². The molecule has 1 heterocycles. The number of hydrogen-bond donors (Lipinski definition) is 1. The maximum Gasteiger partial charge on any atom is 0.133 e. The van der Waals surface area contributed by atoms with Gasteiger partial charge in [0.25, 0.3) is 0 Å². The molecule has 0 fully saturated rings. The Hall–Kier alpha value is -3.43. The first-order chi connectivity index (χ1) is 15.3. The Labute approximate surface area is 189 Å². The molecule has 148 valence electrons. The third-order valence-corrected chi connectivity index (χ3v) is 6.51. The zero-order valence-corrected chi connectivity index (χ0v) is 18.3. The van der Waals surface area contributed by atoms with Crippen LogP contribution in [0.2, 0.25) is 0 Å². The molecule has 3 heteroatoms. The van der Waals surface area contributed by atoms with E-state index in [0.717, 1.165) is 21.6 Å². The summed E-state index contributed by atoms with van der Waals surface area (Å²) < 4.78 is 1.06. The fraction of sp³-hybridized carbons (Fsp3) is 0.0357. The van der Waals surface area contributed by atoms with E-state index < -0.39 is 0 Å². The molecule has 5 aromatic carbocycles. The van der Waals surface area contributed by atoms with Crippen LogP contribution in [0.15, 0.2) is 113 Å². The van der Waals surface area contributed by atoms with E-state index in [1.807, 2.05) is 0 Å². The Morgan fingerprint density at radius 1 is 0.613 bits per heavy atom. The average molecular weight is 463 g/mol. The van der Waals surface area contributed by atoms with Gasteiger partial charge < -0.3 is 5.32 Å². The number of fused-ring (bicyclic) bond motifs is 6. The summed E-state index contributed by atoms with van der Waals surface area (Å²) in [5, 5.41) is 8.70. The molecule has 0 saturated heterocycles. The van der Waals surface area contributed by atoms with Crippen molar-refractivity contribution >= 4 is 49.0 Å². The van der Waals surface area contributed by atoms with Crippen molar-refractivity contribution in [3.63, 3.8) is 0 Å². The lowest BCUT2D eigenvalue weighted by Crippen LogP contribution is -2.22. The summed E-state index contributed by atoms with van der Waals surface area (Å²) >= 11 is 3.54. The lowest BCUT2D eigenvalue weighted by atomic mass is 9.87. The molecule has 0 radical (unpaired) electrons. The van der Waals surface area contributed by atoms with E-state index in [4.69, 9.17) is 4.99 Å². The van der Waals surface area contributed by atoms with E-state index in [2.05, 4.69) is 124 Å². The van der Waals surface area contributed by atoms with Gasteiger partial charge in [0.15, 0.2) is 0 Å². The van der Waals surface area contributed by atoms with Crippen LogP contribution < -0.4 is 5.32 Å². The highest BCUT2D eigenvalue weighted by Crippen LogP contribution is 2.45. The first kappa shape index (κ1) is 18.3. The summed E-state index contributed by atoms with van der Waals surface area (Å²) in [5.74, 6) is 0.897. The summed E-state index contributed by atoms with van der Waals surface area (Å²) in [4.78, 5) is 5.24. The molecule has 0 aliphatic carbocycles. The minimum absolute atomic E-state index is 0.0781. The third kappa shape index (κ3) is 3.05. The van der Waals surface area contributed by atoms with E-state index >= 15 is 0 Å². The highest BCUT2D eigenvalue weighted by atomic mass is 79.9. The maximum absolute atomic E-state index is 5.24. The Morgan fingerprint density at radius 2 is 1.19 bits per heavy atom. The van der Waals surface area contributed by atoms with Crippen LogP contribution in [0.5, 0.6) is 0 Å². The van der Waals surface area contributed by atoms with E-state index in [1.54, 1.807) is 0 Å². The second kappa shape index (κ2) is 7.36. The summed E-state index contributed by atoms with van der Waals surface area (Å²) in [7, 11) is 0. The van der Waals surface area contributed by atoms with Crippen molar-refractivity contribution in [3.8, 4) is 0 Å². The van der Waals surface area contributed by atoms with Gasteiger partial charge in [-0.15, -0.1) is 0 Å². The molecule has 5 aromatic rings. The smallest absolute Gasteiger partial charge is 0.133 e. The lowest BCUT2D eigenvalue weighted by Gasteiger charge is -2.29. The van der Waals surface area contributed by atoms with Gasteiger partial charge in [-0.1, -0.05) is 107 Å². The number of benzene rings is 5. The van der Waals surface area contributed by atoms with E-state index in [9.17, 15) is 0 Å². The molecular weight excluding hydrogens is 444 g/mol. The van der Waals surface area contributed by atoms with Gasteiger partial charge in [0, 0.05) is 21.0 Å². The molecule has 31 heavy (non-hydrogen) atoms. The number of hydrogen-bond acceptors (Lipinski definition) is 2. The molecule has 0 bridgehead atoms. The monoisotopic (exact) mass is 462 g/mol. The predicted molar refractivity (Wildman–Crippen MR) is 134 cm³/mol. The van der Waals surface area contributed by atoms with Crippen LogP contribution in [0.3, 0.4) is 0 Å². The Bertz CT molecular complexity index is 1450. The molecule has 0 aromatic heterocycles. The van der Waals surface area contributed by atoms with Crippen LogP contribution in [-0.4, -0.2) is 5.84 Å². The highest BCUT2D eigenvalue weighted by molar-refractivity contribution is 9.10. The fourth-order valence-electron chi connectivity index (χ4n) is 4.56. The lowest BCUT2D eigenvalue weighted by molar-refractivity contribution is 0.874. The summed E-state index contributed by atoms with van der Waals surface area (Å²) in [6.07, 6.45) is 0. The largest absolute Gasteiger partial charge is 0.339 e. The number of nitrogens with zero attached hydrogens (tertiary/aromatic N) is 1. The van der Waals surface area contributed by atoms with Crippen LogP contribution in [0, 0.1) is 0 Å². The van der Waals surface area contributed by atoms with Gasteiger partial charge in [0.1, 0.15) is 11.9 Å². The first-order valence-corrected chi connectivity index (χ1v) is 11.2. The second-order valence-corrected chi connectivity index (χ2v) is 8.72. The standard InChI is InChI=1S/C28H19BrN2/c29-20-16-14-19(15-17-20)28-30-26(18-8-2-1-3-9-18)25-23-12-6-4-10-21(23)22-11-5-7-13-24(22)27(25)31-28/h1-17,26H,(H,30,31). The van der Waals surface area contributed by atoms with E-state index in [0.29, 0.717) is 0 Å². The van der Waals surface area contributed by atoms with Crippen molar-refractivity contribution in [2.24, 2.45) is 4.99 Å². The number of rotatable bonds is 2. The van der Waals surface area contributed by atoms with Gasteiger partial charge in [0.05, 0.1) is 5.69 Å². The number of nitrogens with one attached hydrogen (secondary N) is 1. The molecule has 1 aliphatic heterocycles. The number of aliphatic imine (C=N–C) groups is 1. The Morgan fingerprint density at radius 3 is 1.90 bits per heavy atom. The normalized spacial score (nSPS) is 15.4. The molecule has 2 nitrogen and oxygen atoms in total. The predicted octanol–water partition coefficient (Wildman–Crippen LogP) is 7.72. The van der Waals surface area contributed by atoms with Crippen molar-refractivity contribution in [3.05, 3.63) is 124 Å². The summed E-state index contributed by atoms with van der Waals surface area (Å²) in [6, 6.07) is 36.2. The Balaban J connectivity index is 1.70.